The predicted molar refractivity (Wildman–Crippen MR) is 73.4 cm³/mol. The van der Waals surface area contributed by atoms with Crippen LogP contribution in [-0.4, -0.2) is 24.1 Å². The van der Waals surface area contributed by atoms with Crippen molar-refractivity contribution >= 4 is 46.7 Å². The highest BCUT2D eigenvalue weighted by Crippen LogP contribution is 2.27. The van der Waals surface area contributed by atoms with E-state index in [1.165, 1.54) is 11.8 Å². The van der Waals surface area contributed by atoms with Gasteiger partial charge in [-0.05, 0) is 25.1 Å². The van der Waals surface area contributed by atoms with E-state index in [2.05, 4.69) is 0 Å². The summed E-state index contributed by atoms with van der Waals surface area (Å²) < 4.78 is 4.69. The minimum atomic E-state index is -0.489. The average molecular weight is 307 g/mol. The number of rotatable bonds is 6. The minimum absolute atomic E-state index is 0.176. The van der Waals surface area contributed by atoms with Crippen molar-refractivity contribution in [3.05, 3.63) is 28.2 Å². The average Bonchev–Trinajstić information content (AvgIpc) is 2.31. The standard InChI is InChI=1S/C12H12Cl2O3S/c1-2-17-12(16)5-8(15)7-18-9-3-4-10(13)11(14)6-9/h3-4,6H,2,5,7H2,1H3. The maximum Gasteiger partial charge on any atom is 0.313 e. The summed E-state index contributed by atoms with van der Waals surface area (Å²) in [6, 6.07) is 5.13. The zero-order valence-electron chi connectivity index (χ0n) is 9.74. The van der Waals surface area contributed by atoms with E-state index in [0.717, 1.165) is 4.90 Å². The van der Waals surface area contributed by atoms with E-state index in [4.69, 9.17) is 27.9 Å². The predicted octanol–water partition coefficient (Wildman–Crippen LogP) is 3.61. The van der Waals surface area contributed by atoms with Crippen molar-refractivity contribution in [3.8, 4) is 0 Å². The topological polar surface area (TPSA) is 43.4 Å². The van der Waals surface area contributed by atoms with Crippen LogP contribution >= 0.6 is 35.0 Å². The lowest BCUT2D eigenvalue weighted by molar-refractivity contribution is -0.145. The third-order valence-electron chi connectivity index (χ3n) is 1.94. The Morgan fingerprint density at radius 2 is 2.00 bits per heavy atom. The molecule has 0 radical (unpaired) electrons. The lowest BCUT2D eigenvalue weighted by atomic mass is 10.3. The number of esters is 1. The van der Waals surface area contributed by atoms with Gasteiger partial charge in [-0.15, -0.1) is 11.8 Å². The van der Waals surface area contributed by atoms with E-state index in [-0.39, 0.29) is 24.6 Å². The highest BCUT2D eigenvalue weighted by molar-refractivity contribution is 8.00. The Bertz CT molecular complexity index is 449. The third kappa shape index (κ3) is 5.29. The van der Waals surface area contributed by atoms with Crippen molar-refractivity contribution in [2.75, 3.05) is 12.4 Å². The van der Waals surface area contributed by atoms with Gasteiger partial charge in [0, 0.05) is 4.90 Å². The number of halogens is 2. The molecule has 0 heterocycles. The molecule has 6 heteroatoms. The highest BCUT2D eigenvalue weighted by atomic mass is 35.5. The van der Waals surface area contributed by atoms with Crippen LogP contribution in [0.5, 0.6) is 0 Å². The molecule has 0 N–H and O–H groups in total. The molecule has 0 saturated carbocycles. The van der Waals surface area contributed by atoms with E-state index in [0.29, 0.717) is 10.0 Å². The molecule has 0 aliphatic carbocycles. The third-order valence-corrected chi connectivity index (χ3v) is 3.73. The number of Topliss-reactive ketones (excluding diaryl/α,β-unsaturated/α-hetero) is 1. The molecule has 3 nitrogen and oxygen atoms in total. The molecule has 0 aliphatic rings. The summed E-state index contributed by atoms with van der Waals surface area (Å²) in [5, 5.41) is 0.915. The fourth-order valence-electron chi connectivity index (χ4n) is 1.15. The van der Waals surface area contributed by atoms with Gasteiger partial charge in [-0.25, -0.2) is 0 Å². The van der Waals surface area contributed by atoms with Crippen molar-refractivity contribution in [2.24, 2.45) is 0 Å². The fourth-order valence-corrected chi connectivity index (χ4v) is 2.31. The summed E-state index contributed by atoms with van der Waals surface area (Å²) in [5.41, 5.74) is 0. The Labute approximate surface area is 120 Å². The molecular formula is C12H12Cl2O3S. The van der Waals surface area contributed by atoms with E-state index >= 15 is 0 Å². The molecule has 0 bridgehead atoms. The lowest BCUT2D eigenvalue weighted by Crippen LogP contribution is -2.12. The summed E-state index contributed by atoms with van der Waals surface area (Å²) in [4.78, 5) is 23.4. The molecule has 1 rings (SSSR count). The lowest BCUT2D eigenvalue weighted by Gasteiger charge is -2.03. The second-order valence-electron chi connectivity index (χ2n) is 3.39. The molecule has 1 aromatic rings. The molecule has 0 atom stereocenters. The van der Waals surface area contributed by atoms with Crippen LogP contribution in [0.15, 0.2) is 23.1 Å². The number of carbonyl (C=O) groups is 2. The van der Waals surface area contributed by atoms with Gasteiger partial charge in [0.15, 0.2) is 5.78 Å². The quantitative estimate of drug-likeness (QED) is 0.457. The molecule has 0 fully saturated rings. The molecule has 1 aromatic carbocycles. The molecule has 0 unspecified atom stereocenters. The minimum Gasteiger partial charge on any atom is -0.466 e. The van der Waals surface area contributed by atoms with Crippen molar-refractivity contribution in [1.82, 2.24) is 0 Å². The normalized spacial score (nSPS) is 10.2. The Hall–Kier alpha value is -0.710. The maximum atomic E-state index is 11.5. The van der Waals surface area contributed by atoms with Gasteiger partial charge in [0.1, 0.15) is 6.42 Å². The molecule has 0 saturated heterocycles. The summed E-state index contributed by atoms with van der Waals surface area (Å²) in [6.45, 7) is 1.99. The van der Waals surface area contributed by atoms with Gasteiger partial charge >= 0.3 is 5.97 Å². The summed E-state index contributed by atoms with van der Waals surface area (Å²) in [5.74, 6) is -0.460. The molecule has 98 valence electrons. The molecule has 0 aromatic heterocycles. The Kier molecular flexibility index (Phi) is 6.54. The Balaban J connectivity index is 2.42. The van der Waals surface area contributed by atoms with Gasteiger partial charge in [0.25, 0.3) is 0 Å². The number of thioether (sulfide) groups is 1. The second kappa shape index (κ2) is 7.67. The first-order valence-corrected chi connectivity index (χ1v) is 7.02. The number of ether oxygens (including phenoxy) is 1. The van der Waals surface area contributed by atoms with Gasteiger partial charge in [-0.1, -0.05) is 23.2 Å². The first-order chi connectivity index (χ1) is 8.52. The zero-order chi connectivity index (χ0) is 13.5. The van der Waals surface area contributed by atoms with Crippen LogP contribution in [0.2, 0.25) is 10.0 Å². The highest BCUT2D eigenvalue weighted by Gasteiger charge is 2.11. The van der Waals surface area contributed by atoms with Crippen molar-refractivity contribution < 1.29 is 14.3 Å². The Morgan fingerprint density at radius 1 is 1.28 bits per heavy atom. The van der Waals surface area contributed by atoms with Crippen molar-refractivity contribution in [3.63, 3.8) is 0 Å². The smallest absolute Gasteiger partial charge is 0.313 e. The summed E-state index contributed by atoms with van der Waals surface area (Å²) in [7, 11) is 0. The Morgan fingerprint density at radius 3 is 2.61 bits per heavy atom. The molecular weight excluding hydrogens is 295 g/mol. The van der Waals surface area contributed by atoms with E-state index in [1.807, 2.05) is 0 Å². The number of ketones is 1. The molecule has 0 spiro atoms. The van der Waals surface area contributed by atoms with Crippen LogP contribution in [-0.2, 0) is 14.3 Å². The van der Waals surface area contributed by atoms with E-state index in [9.17, 15) is 9.59 Å². The van der Waals surface area contributed by atoms with E-state index < -0.39 is 5.97 Å². The fraction of sp³-hybridized carbons (Fsp3) is 0.333. The second-order valence-corrected chi connectivity index (χ2v) is 5.25. The van der Waals surface area contributed by atoms with Crippen LogP contribution in [0.25, 0.3) is 0 Å². The van der Waals surface area contributed by atoms with Crippen LogP contribution in [0.3, 0.4) is 0 Å². The summed E-state index contributed by atoms with van der Waals surface area (Å²) in [6.07, 6.45) is -0.192. The van der Waals surface area contributed by atoms with Gasteiger partial charge in [0.2, 0.25) is 0 Å². The first-order valence-electron chi connectivity index (χ1n) is 5.28. The van der Waals surface area contributed by atoms with Gasteiger partial charge < -0.3 is 4.74 Å². The molecule has 0 aliphatic heterocycles. The SMILES string of the molecule is CCOC(=O)CC(=O)CSc1ccc(Cl)c(Cl)c1. The van der Waals surface area contributed by atoms with Gasteiger partial charge in [-0.3, -0.25) is 9.59 Å². The number of hydrogen-bond donors (Lipinski definition) is 0. The van der Waals surface area contributed by atoms with Crippen molar-refractivity contribution in [2.45, 2.75) is 18.2 Å². The molecule has 0 amide bonds. The largest absolute Gasteiger partial charge is 0.466 e. The van der Waals surface area contributed by atoms with E-state index in [1.54, 1.807) is 25.1 Å². The number of benzene rings is 1. The number of hydrogen-bond acceptors (Lipinski definition) is 4. The number of carbonyl (C=O) groups excluding carboxylic acids is 2. The van der Waals surface area contributed by atoms with Crippen LogP contribution in [0.1, 0.15) is 13.3 Å². The maximum absolute atomic E-state index is 11.5. The zero-order valence-corrected chi connectivity index (χ0v) is 12.1. The van der Waals surface area contributed by atoms with Gasteiger partial charge in [0.05, 0.1) is 22.4 Å². The van der Waals surface area contributed by atoms with Crippen molar-refractivity contribution in [1.29, 1.82) is 0 Å². The van der Waals surface area contributed by atoms with Crippen LogP contribution in [0.4, 0.5) is 0 Å². The summed E-state index contributed by atoms with van der Waals surface area (Å²) >= 11 is 12.9. The van der Waals surface area contributed by atoms with Gasteiger partial charge in [-0.2, -0.15) is 0 Å². The monoisotopic (exact) mass is 306 g/mol. The first kappa shape index (κ1) is 15.3. The molecule has 18 heavy (non-hydrogen) atoms. The van der Waals surface area contributed by atoms with Crippen LogP contribution < -0.4 is 0 Å². The van der Waals surface area contributed by atoms with Crippen LogP contribution in [0, 0.1) is 0 Å².